The molecule has 1 aromatic carbocycles. The number of imidazole rings is 1. The lowest BCUT2D eigenvalue weighted by Gasteiger charge is -2.06. The quantitative estimate of drug-likeness (QED) is 0.518. The van der Waals surface area contributed by atoms with E-state index in [-0.39, 0.29) is 11.6 Å². The number of carbonyl (C=O) groups is 1. The highest BCUT2D eigenvalue weighted by Gasteiger charge is 2.17. The molecule has 0 unspecified atom stereocenters. The van der Waals surface area contributed by atoms with E-state index < -0.39 is 0 Å². The standard InChI is InChI=1S/C19H18N6O2/c1-3-13-16(11-6-8-20-9-7-11)23-24-17(13)22-18(26)12-4-5-15-14(10-12)21-19(27)25(15)2/h4-10H,3H2,1-2H3,(H,21,27)(H2,22,23,24,26). The minimum Gasteiger partial charge on any atom is -0.306 e. The number of aromatic amines is 2. The van der Waals surface area contributed by atoms with E-state index >= 15 is 0 Å². The normalized spacial score (nSPS) is 11.0. The fraction of sp³-hybridized carbons (Fsp3) is 0.158. The Balaban J connectivity index is 1.65. The first kappa shape index (κ1) is 16.8. The maximum atomic E-state index is 12.7. The number of H-pyrrole nitrogens is 2. The Bertz CT molecular complexity index is 1190. The van der Waals surface area contributed by atoms with Crippen molar-refractivity contribution < 1.29 is 4.79 Å². The van der Waals surface area contributed by atoms with E-state index in [2.05, 4.69) is 25.5 Å². The van der Waals surface area contributed by atoms with Gasteiger partial charge >= 0.3 is 5.69 Å². The zero-order valence-electron chi connectivity index (χ0n) is 14.9. The van der Waals surface area contributed by atoms with Gasteiger partial charge in [-0.3, -0.25) is 19.4 Å². The van der Waals surface area contributed by atoms with E-state index in [4.69, 9.17) is 0 Å². The van der Waals surface area contributed by atoms with Gasteiger partial charge in [0, 0.05) is 36.1 Å². The molecule has 4 aromatic rings. The first-order chi connectivity index (χ1) is 13.1. The second kappa shape index (κ2) is 6.56. The van der Waals surface area contributed by atoms with Gasteiger partial charge in [0.15, 0.2) is 5.82 Å². The summed E-state index contributed by atoms with van der Waals surface area (Å²) in [6.07, 6.45) is 4.13. The third-order valence-corrected chi connectivity index (χ3v) is 4.59. The molecule has 136 valence electrons. The third-order valence-electron chi connectivity index (χ3n) is 4.59. The summed E-state index contributed by atoms with van der Waals surface area (Å²) in [7, 11) is 1.68. The average Bonchev–Trinajstić information content (AvgIpc) is 3.22. The fourth-order valence-electron chi connectivity index (χ4n) is 3.13. The van der Waals surface area contributed by atoms with Gasteiger partial charge in [0.05, 0.1) is 16.7 Å². The molecule has 1 amide bonds. The van der Waals surface area contributed by atoms with Crippen molar-refractivity contribution in [2.75, 3.05) is 5.32 Å². The number of anilines is 1. The monoisotopic (exact) mass is 362 g/mol. The number of nitrogens with one attached hydrogen (secondary N) is 3. The fourth-order valence-corrected chi connectivity index (χ4v) is 3.13. The number of fused-ring (bicyclic) bond motifs is 1. The number of rotatable bonds is 4. The van der Waals surface area contributed by atoms with Crippen molar-refractivity contribution in [1.82, 2.24) is 24.7 Å². The Hall–Kier alpha value is -3.68. The summed E-state index contributed by atoms with van der Waals surface area (Å²) in [4.78, 5) is 31.2. The molecule has 3 aromatic heterocycles. The van der Waals surface area contributed by atoms with Crippen LogP contribution in [0.5, 0.6) is 0 Å². The highest BCUT2D eigenvalue weighted by Crippen LogP contribution is 2.27. The van der Waals surface area contributed by atoms with Crippen LogP contribution in [0, 0.1) is 0 Å². The molecule has 0 aliphatic rings. The van der Waals surface area contributed by atoms with Crippen molar-refractivity contribution in [2.45, 2.75) is 13.3 Å². The summed E-state index contributed by atoms with van der Waals surface area (Å²) in [6, 6.07) is 8.87. The molecule has 8 heteroatoms. The Morgan fingerprint density at radius 3 is 2.74 bits per heavy atom. The smallest absolute Gasteiger partial charge is 0.306 e. The van der Waals surface area contributed by atoms with Gasteiger partial charge in [-0.05, 0) is 36.8 Å². The molecule has 0 spiro atoms. The maximum absolute atomic E-state index is 12.7. The van der Waals surface area contributed by atoms with Crippen LogP contribution < -0.4 is 11.0 Å². The molecule has 0 aliphatic carbocycles. The zero-order valence-corrected chi connectivity index (χ0v) is 14.9. The van der Waals surface area contributed by atoms with Crippen molar-refractivity contribution in [3.63, 3.8) is 0 Å². The van der Waals surface area contributed by atoms with Crippen LogP contribution in [0.1, 0.15) is 22.8 Å². The van der Waals surface area contributed by atoms with Crippen LogP contribution in [0.25, 0.3) is 22.3 Å². The second-order valence-electron chi connectivity index (χ2n) is 6.19. The molecular formula is C19H18N6O2. The van der Waals surface area contributed by atoms with Crippen molar-refractivity contribution in [1.29, 1.82) is 0 Å². The zero-order chi connectivity index (χ0) is 19.0. The first-order valence-corrected chi connectivity index (χ1v) is 8.56. The number of amides is 1. The van der Waals surface area contributed by atoms with Gasteiger partial charge in [0.1, 0.15) is 0 Å². The van der Waals surface area contributed by atoms with Crippen LogP contribution >= 0.6 is 0 Å². The minimum absolute atomic E-state index is 0.217. The van der Waals surface area contributed by atoms with Crippen LogP contribution in [0.2, 0.25) is 0 Å². The van der Waals surface area contributed by atoms with Crippen LogP contribution in [-0.4, -0.2) is 30.6 Å². The molecule has 3 N–H and O–H groups in total. The predicted molar refractivity (Wildman–Crippen MR) is 103 cm³/mol. The molecule has 0 aliphatic heterocycles. The molecule has 0 fully saturated rings. The first-order valence-electron chi connectivity index (χ1n) is 8.56. The number of aromatic nitrogens is 5. The topological polar surface area (TPSA) is 108 Å². The molecule has 0 atom stereocenters. The molecule has 0 saturated heterocycles. The molecule has 0 radical (unpaired) electrons. The van der Waals surface area contributed by atoms with Crippen LogP contribution in [-0.2, 0) is 13.5 Å². The van der Waals surface area contributed by atoms with E-state index in [0.717, 1.165) is 22.3 Å². The van der Waals surface area contributed by atoms with Gasteiger partial charge in [0.25, 0.3) is 5.91 Å². The van der Waals surface area contributed by atoms with Crippen LogP contribution in [0.15, 0.2) is 47.5 Å². The largest absolute Gasteiger partial charge is 0.326 e. The number of benzene rings is 1. The van der Waals surface area contributed by atoms with Crippen molar-refractivity contribution in [2.24, 2.45) is 7.05 Å². The molecule has 0 bridgehead atoms. The van der Waals surface area contributed by atoms with E-state index in [9.17, 15) is 9.59 Å². The predicted octanol–water partition coefficient (Wildman–Crippen LogP) is 2.47. The number of carbonyl (C=O) groups excluding carboxylic acids is 1. The van der Waals surface area contributed by atoms with Gasteiger partial charge in [-0.2, -0.15) is 5.10 Å². The van der Waals surface area contributed by atoms with Gasteiger partial charge in [0.2, 0.25) is 0 Å². The summed E-state index contributed by atoms with van der Waals surface area (Å²) in [6.45, 7) is 2.01. The Labute approximate surface area is 154 Å². The molecular weight excluding hydrogens is 344 g/mol. The number of nitrogens with zero attached hydrogens (tertiary/aromatic N) is 3. The van der Waals surface area contributed by atoms with Gasteiger partial charge in [-0.25, -0.2) is 4.79 Å². The Kier molecular flexibility index (Phi) is 4.08. The molecule has 3 heterocycles. The SMILES string of the molecule is CCc1c(NC(=O)c2ccc3c(c2)[nH]c(=O)n3C)n[nH]c1-c1ccncc1. The number of hydrogen-bond acceptors (Lipinski definition) is 4. The maximum Gasteiger partial charge on any atom is 0.326 e. The lowest BCUT2D eigenvalue weighted by molar-refractivity contribution is 0.102. The van der Waals surface area contributed by atoms with E-state index in [1.165, 1.54) is 4.57 Å². The van der Waals surface area contributed by atoms with E-state index in [1.807, 2.05) is 19.1 Å². The molecule has 0 saturated carbocycles. The number of hydrogen-bond donors (Lipinski definition) is 3. The Morgan fingerprint density at radius 1 is 1.22 bits per heavy atom. The number of aryl methyl sites for hydroxylation is 1. The summed E-state index contributed by atoms with van der Waals surface area (Å²) in [5.74, 6) is 0.208. The van der Waals surface area contributed by atoms with Crippen LogP contribution in [0.3, 0.4) is 0 Å². The van der Waals surface area contributed by atoms with Crippen LogP contribution in [0.4, 0.5) is 5.82 Å². The summed E-state index contributed by atoms with van der Waals surface area (Å²) < 4.78 is 1.50. The van der Waals surface area contributed by atoms with Crippen molar-refractivity contribution in [3.05, 3.63) is 64.3 Å². The molecule has 27 heavy (non-hydrogen) atoms. The van der Waals surface area contributed by atoms with Gasteiger partial charge < -0.3 is 10.3 Å². The van der Waals surface area contributed by atoms with Crippen molar-refractivity contribution >= 4 is 22.8 Å². The minimum atomic E-state index is -0.288. The third kappa shape index (κ3) is 2.91. The van der Waals surface area contributed by atoms with E-state index in [1.54, 1.807) is 37.6 Å². The van der Waals surface area contributed by atoms with Gasteiger partial charge in [-0.1, -0.05) is 6.92 Å². The summed E-state index contributed by atoms with van der Waals surface area (Å²) >= 11 is 0. The highest BCUT2D eigenvalue weighted by molar-refractivity contribution is 6.06. The summed E-state index contributed by atoms with van der Waals surface area (Å²) in [5, 5.41) is 10.1. The van der Waals surface area contributed by atoms with Gasteiger partial charge in [-0.15, -0.1) is 0 Å². The lowest BCUT2D eigenvalue weighted by Crippen LogP contribution is -2.13. The molecule has 8 nitrogen and oxygen atoms in total. The average molecular weight is 362 g/mol. The number of pyridine rings is 1. The highest BCUT2D eigenvalue weighted by atomic mass is 16.2. The second-order valence-corrected chi connectivity index (χ2v) is 6.19. The van der Waals surface area contributed by atoms with E-state index in [0.29, 0.717) is 23.3 Å². The molecule has 4 rings (SSSR count). The lowest BCUT2D eigenvalue weighted by atomic mass is 10.1. The Morgan fingerprint density at radius 2 is 2.00 bits per heavy atom. The summed E-state index contributed by atoms with van der Waals surface area (Å²) in [5.41, 5.74) is 4.32. The van der Waals surface area contributed by atoms with Crippen molar-refractivity contribution in [3.8, 4) is 11.3 Å².